The first-order chi connectivity index (χ1) is 15.8. The number of urea groups is 1. The number of nitrogens with zero attached hydrogens (tertiary/aromatic N) is 5. The molecule has 2 atom stereocenters. The molecule has 0 aromatic heterocycles. The third-order valence-electron chi connectivity index (χ3n) is 6.50. The Bertz CT molecular complexity index is 972. The lowest BCUT2D eigenvalue weighted by Crippen LogP contribution is -2.64. The van der Waals surface area contributed by atoms with Crippen LogP contribution < -0.4 is 5.32 Å². The second kappa shape index (κ2) is 9.38. The molecule has 3 heterocycles. The van der Waals surface area contributed by atoms with Gasteiger partial charge >= 0.3 is 12.0 Å². The van der Waals surface area contributed by atoms with Gasteiger partial charge in [0.25, 0.3) is 5.91 Å². The Morgan fingerprint density at radius 3 is 2.61 bits per heavy atom. The van der Waals surface area contributed by atoms with Crippen LogP contribution in [0.4, 0.5) is 4.79 Å². The van der Waals surface area contributed by atoms with E-state index in [0.717, 1.165) is 22.6 Å². The van der Waals surface area contributed by atoms with Crippen LogP contribution in [0.5, 0.6) is 0 Å². The average Bonchev–Trinajstić information content (AvgIpc) is 3.15. The molecule has 0 saturated carbocycles. The molecule has 178 valence electrons. The number of carbonyl (C=O) groups is 3. The summed E-state index contributed by atoms with van der Waals surface area (Å²) < 4.78 is 5.07. The number of amides is 3. The first-order valence-electron chi connectivity index (χ1n) is 11.4. The van der Waals surface area contributed by atoms with E-state index in [1.54, 1.807) is 14.0 Å². The number of aryl methyl sites for hydroxylation is 2. The quantitative estimate of drug-likeness (QED) is 0.646. The van der Waals surface area contributed by atoms with Gasteiger partial charge in [-0.3, -0.25) is 19.8 Å². The number of piperazine rings is 1. The van der Waals surface area contributed by atoms with Crippen LogP contribution in [0.3, 0.4) is 0 Å². The fourth-order valence-electron chi connectivity index (χ4n) is 4.59. The zero-order valence-corrected chi connectivity index (χ0v) is 19.7. The van der Waals surface area contributed by atoms with E-state index in [9.17, 15) is 14.4 Å². The van der Waals surface area contributed by atoms with Crippen molar-refractivity contribution >= 4 is 23.9 Å². The lowest BCUT2D eigenvalue weighted by Gasteiger charge is -2.40. The van der Waals surface area contributed by atoms with Crippen molar-refractivity contribution < 1.29 is 19.1 Å². The van der Waals surface area contributed by atoms with Gasteiger partial charge in [-0.05, 0) is 31.9 Å². The summed E-state index contributed by atoms with van der Waals surface area (Å²) >= 11 is 0. The number of nitrogens with one attached hydrogen (secondary N) is 1. The molecule has 0 aliphatic carbocycles. The number of carbonyl (C=O) groups excluding carboxylic acids is 3. The normalized spacial score (nSPS) is 23.4. The van der Waals surface area contributed by atoms with Crippen molar-refractivity contribution in [1.29, 1.82) is 0 Å². The molecule has 3 aliphatic heterocycles. The lowest BCUT2D eigenvalue weighted by molar-refractivity contribution is -0.144. The standard InChI is InChI=1S/C23H32N6O4/c1-5-33-18(30)14-27-8-10-28(11-9-27)22-24-20-19(21(31)25-23(32)26(20)4)29(22)13-17-12-15(2)6-7-16(17)3/h6-7,12,19-20H,5,8-11,13-14H2,1-4H3,(H,25,31,32). The summed E-state index contributed by atoms with van der Waals surface area (Å²) in [6, 6.07) is 5.27. The molecular formula is C23H32N6O4. The molecular weight excluding hydrogens is 424 g/mol. The van der Waals surface area contributed by atoms with Crippen molar-refractivity contribution in [2.24, 2.45) is 4.99 Å². The maximum absolute atomic E-state index is 12.9. The Kier molecular flexibility index (Phi) is 6.55. The molecule has 0 spiro atoms. The van der Waals surface area contributed by atoms with Gasteiger partial charge in [0, 0.05) is 39.8 Å². The summed E-state index contributed by atoms with van der Waals surface area (Å²) in [6.07, 6.45) is -0.566. The Labute approximate surface area is 194 Å². The number of likely N-dealkylation sites (N-methyl/N-ethyl adjacent to an activating group) is 1. The number of rotatable bonds is 5. The third kappa shape index (κ3) is 4.66. The largest absolute Gasteiger partial charge is 0.465 e. The number of hydrogen-bond acceptors (Lipinski definition) is 8. The highest BCUT2D eigenvalue weighted by molar-refractivity contribution is 6.03. The molecule has 1 N–H and O–H groups in total. The maximum Gasteiger partial charge on any atom is 0.325 e. The number of fused-ring (bicyclic) bond motifs is 1. The van der Waals surface area contributed by atoms with Crippen molar-refractivity contribution in [2.75, 3.05) is 46.4 Å². The molecule has 0 radical (unpaired) electrons. The van der Waals surface area contributed by atoms with Gasteiger partial charge in [0.05, 0.1) is 13.2 Å². The highest BCUT2D eigenvalue weighted by atomic mass is 16.5. The topological polar surface area (TPSA) is 97.8 Å². The lowest BCUT2D eigenvalue weighted by atomic mass is 10.0. The minimum Gasteiger partial charge on any atom is -0.465 e. The van der Waals surface area contributed by atoms with Crippen LogP contribution in [0, 0.1) is 13.8 Å². The zero-order chi connectivity index (χ0) is 23.7. The first kappa shape index (κ1) is 23.0. The third-order valence-corrected chi connectivity index (χ3v) is 6.50. The van der Waals surface area contributed by atoms with E-state index >= 15 is 0 Å². The van der Waals surface area contributed by atoms with E-state index in [1.807, 2.05) is 11.8 Å². The summed E-state index contributed by atoms with van der Waals surface area (Å²) in [5.41, 5.74) is 3.41. The summed E-state index contributed by atoms with van der Waals surface area (Å²) in [5.74, 6) is 0.176. The van der Waals surface area contributed by atoms with E-state index in [-0.39, 0.29) is 18.4 Å². The molecule has 2 fully saturated rings. The predicted molar refractivity (Wildman–Crippen MR) is 122 cm³/mol. The van der Waals surface area contributed by atoms with Gasteiger partial charge < -0.3 is 19.4 Å². The minimum absolute atomic E-state index is 0.219. The molecule has 2 unspecified atom stereocenters. The van der Waals surface area contributed by atoms with E-state index < -0.39 is 18.2 Å². The zero-order valence-electron chi connectivity index (χ0n) is 19.7. The Hall–Kier alpha value is -3.14. The van der Waals surface area contributed by atoms with Crippen molar-refractivity contribution in [3.63, 3.8) is 0 Å². The van der Waals surface area contributed by atoms with E-state index in [0.29, 0.717) is 39.3 Å². The molecule has 2 saturated heterocycles. The Balaban J connectivity index is 1.56. The minimum atomic E-state index is -0.583. The number of hydrogen-bond donors (Lipinski definition) is 1. The number of benzene rings is 1. The van der Waals surface area contributed by atoms with Crippen molar-refractivity contribution in [2.45, 2.75) is 39.5 Å². The number of esters is 1. The van der Waals surface area contributed by atoms with Crippen LogP contribution in [-0.4, -0.2) is 102 Å². The monoisotopic (exact) mass is 456 g/mol. The molecule has 1 aromatic rings. The number of guanidine groups is 1. The van der Waals surface area contributed by atoms with Crippen LogP contribution in [0.25, 0.3) is 0 Å². The van der Waals surface area contributed by atoms with Gasteiger partial charge in [0.15, 0.2) is 18.2 Å². The summed E-state index contributed by atoms with van der Waals surface area (Å²) in [6.45, 7) is 9.78. The van der Waals surface area contributed by atoms with E-state index in [1.165, 1.54) is 4.90 Å². The molecule has 10 nitrogen and oxygen atoms in total. The van der Waals surface area contributed by atoms with Gasteiger partial charge in [-0.15, -0.1) is 0 Å². The molecule has 4 rings (SSSR count). The van der Waals surface area contributed by atoms with Crippen molar-refractivity contribution in [1.82, 2.24) is 24.9 Å². The summed E-state index contributed by atoms with van der Waals surface area (Å²) in [5, 5.41) is 2.46. The molecule has 3 aliphatic rings. The summed E-state index contributed by atoms with van der Waals surface area (Å²) in [7, 11) is 1.67. The Morgan fingerprint density at radius 1 is 1.18 bits per heavy atom. The fraction of sp³-hybridized carbons (Fsp3) is 0.565. The molecule has 1 aromatic carbocycles. The van der Waals surface area contributed by atoms with Gasteiger partial charge in [-0.25, -0.2) is 9.79 Å². The van der Waals surface area contributed by atoms with Crippen LogP contribution in [0.1, 0.15) is 23.6 Å². The highest BCUT2D eigenvalue weighted by Gasteiger charge is 2.50. The predicted octanol–water partition coefficient (Wildman–Crippen LogP) is 0.532. The van der Waals surface area contributed by atoms with Gasteiger partial charge in [-0.2, -0.15) is 0 Å². The Morgan fingerprint density at radius 2 is 1.91 bits per heavy atom. The van der Waals surface area contributed by atoms with Crippen LogP contribution in [0.2, 0.25) is 0 Å². The maximum atomic E-state index is 12.9. The van der Waals surface area contributed by atoms with Crippen LogP contribution in [0.15, 0.2) is 23.2 Å². The van der Waals surface area contributed by atoms with Gasteiger partial charge in [0.2, 0.25) is 0 Å². The van der Waals surface area contributed by atoms with Crippen molar-refractivity contribution in [3.8, 4) is 0 Å². The van der Waals surface area contributed by atoms with Crippen molar-refractivity contribution in [3.05, 3.63) is 34.9 Å². The second-order valence-electron chi connectivity index (χ2n) is 8.82. The molecule has 10 heteroatoms. The number of aliphatic imine (C=N–C) groups is 1. The smallest absolute Gasteiger partial charge is 0.325 e. The number of ether oxygens (including phenoxy) is 1. The highest BCUT2D eigenvalue weighted by Crippen LogP contribution is 2.28. The summed E-state index contributed by atoms with van der Waals surface area (Å²) in [4.78, 5) is 49.6. The van der Waals surface area contributed by atoms with E-state index in [2.05, 4.69) is 40.2 Å². The van der Waals surface area contributed by atoms with E-state index in [4.69, 9.17) is 9.73 Å². The average molecular weight is 457 g/mol. The molecule has 33 heavy (non-hydrogen) atoms. The first-order valence-corrected chi connectivity index (χ1v) is 11.4. The SMILES string of the molecule is CCOC(=O)CN1CCN(C2=NC3C(C(=O)NC(=O)N3C)N2Cc2cc(C)ccc2C)CC1. The van der Waals surface area contributed by atoms with Gasteiger partial charge in [0.1, 0.15) is 0 Å². The van der Waals surface area contributed by atoms with Gasteiger partial charge in [-0.1, -0.05) is 23.8 Å². The molecule has 0 bridgehead atoms. The van der Waals surface area contributed by atoms with Crippen LogP contribution in [-0.2, 0) is 20.9 Å². The number of imide groups is 1. The van der Waals surface area contributed by atoms with Crippen LogP contribution >= 0.6 is 0 Å². The fourth-order valence-corrected chi connectivity index (χ4v) is 4.59. The molecule has 3 amide bonds. The second-order valence-corrected chi connectivity index (χ2v) is 8.82.